The van der Waals surface area contributed by atoms with Crippen LogP contribution in [0.15, 0.2) is 42.5 Å². The van der Waals surface area contributed by atoms with Crippen LogP contribution in [0.25, 0.3) is 0 Å². The first-order valence-corrected chi connectivity index (χ1v) is 5.14. The van der Waals surface area contributed by atoms with Gasteiger partial charge in [-0.3, -0.25) is 0 Å². The fourth-order valence-electron chi connectivity index (χ4n) is 0.796. The average Bonchev–Trinajstić information content (AvgIpc) is 2.19. The monoisotopic (exact) mass is 208 g/mol. The van der Waals surface area contributed by atoms with E-state index in [2.05, 4.69) is 6.58 Å². The van der Waals surface area contributed by atoms with Gasteiger partial charge >= 0.3 is 5.97 Å². The van der Waals surface area contributed by atoms with Crippen LogP contribution in [0.5, 0.6) is 0 Å². The van der Waals surface area contributed by atoms with Crippen LogP contribution in [0.3, 0.4) is 0 Å². The Balaban J connectivity index is 2.29. The van der Waals surface area contributed by atoms with E-state index in [0.717, 1.165) is 17.6 Å². The molecule has 2 nitrogen and oxygen atoms in total. The van der Waals surface area contributed by atoms with E-state index in [9.17, 15) is 4.79 Å². The Labute approximate surface area is 88.2 Å². The summed E-state index contributed by atoms with van der Waals surface area (Å²) >= 11 is 1.13. The van der Waals surface area contributed by atoms with Crippen LogP contribution in [0, 0.1) is 0 Å². The Hall–Kier alpha value is -1.22. The minimum absolute atomic E-state index is 0.356. The second-order valence-electron chi connectivity index (χ2n) is 2.90. The lowest BCUT2D eigenvalue weighted by Gasteiger charge is -2.01. The van der Waals surface area contributed by atoms with Crippen LogP contribution >= 0.6 is 12.0 Å². The van der Waals surface area contributed by atoms with Crippen molar-refractivity contribution in [1.82, 2.24) is 0 Å². The van der Waals surface area contributed by atoms with Crippen molar-refractivity contribution in [2.24, 2.45) is 0 Å². The third kappa shape index (κ3) is 3.66. The van der Waals surface area contributed by atoms with Gasteiger partial charge < -0.3 is 4.18 Å². The Morgan fingerprint density at radius 2 is 2.07 bits per heavy atom. The normalized spacial score (nSPS) is 9.50. The molecular weight excluding hydrogens is 196 g/mol. The van der Waals surface area contributed by atoms with E-state index >= 15 is 0 Å². The molecule has 0 amide bonds. The highest BCUT2D eigenvalue weighted by Crippen LogP contribution is 2.14. The van der Waals surface area contributed by atoms with Gasteiger partial charge in [-0.2, -0.15) is 0 Å². The molecule has 0 aliphatic carbocycles. The fourth-order valence-corrected chi connectivity index (χ4v) is 1.43. The third-order valence-electron chi connectivity index (χ3n) is 1.55. The van der Waals surface area contributed by atoms with E-state index in [1.807, 2.05) is 30.3 Å². The predicted octanol–water partition coefficient (Wildman–Crippen LogP) is 2.95. The summed E-state index contributed by atoms with van der Waals surface area (Å²) in [4.78, 5) is 11.0. The maximum absolute atomic E-state index is 11.0. The first kappa shape index (κ1) is 10.9. The standard InChI is InChI=1S/C11H12O2S/c1-9(2)11(12)13-14-8-10-6-4-3-5-7-10/h3-7H,1,8H2,2H3. The highest BCUT2D eigenvalue weighted by Gasteiger charge is 2.03. The first-order chi connectivity index (χ1) is 6.70. The molecule has 0 N–H and O–H groups in total. The molecule has 0 unspecified atom stereocenters. The summed E-state index contributed by atoms with van der Waals surface area (Å²) in [6.07, 6.45) is 0. The van der Waals surface area contributed by atoms with Crippen molar-refractivity contribution >= 4 is 18.0 Å². The molecule has 0 fully saturated rings. The summed E-state index contributed by atoms with van der Waals surface area (Å²) < 4.78 is 4.89. The fraction of sp³-hybridized carbons (Fsp3) is 0.182. The second kappa shape index (κ2) is 5.50. The lowest BCUT2D eigenvalue weighted by molar-refractivity contribution is -0.128. The van der Waals surface area contributed by atoms with Crippen molar-refractivity contribution in [3.63, 3.8) is 0 Å². The molecule has 74 valence electrons. The molecule has 0 bridgehead atoms. The maximum atomic E-state index is 11.0. The van der Waals surface area contributed by atoms with Crippen molar-refractivity contribution in [2.75, 3.05) is 0 Å². The van der Waals surface area contributed by atoms with Gasteiger partial charge in [0.15, 0.2) is 0 Å². The lowest BCUT2D eigenvalue weighted by Crippen LogP contribution is -1.98. The third-order valence-corrected chi connectivity index (χ3v) is 2.27. The molecule has 0 atom stereocenters. The summed E-state index contributed by atoms with van der Waals surface area (Å²) in [6, 6.07) is 9.84. The minimum atomic E-state index is -0.356. The van der Waals surface area contributed by atoms with Crippen molar-refractivity contribution in [3.05, 3.63) is 48.0 Å². The Bertz CT molecular complexity index is 319. The molecule has 0 saturated carbocycles. The SMILES string of the molecule is C=C(C)C(=O)OSCc1ccccc1. The lowest BCUT2D eigenvalue weighted by atomic mass is 10.2. The van der Waals surface area contributed by atoms with Gasteiger partial charge in [-0.25, -0.2) is 4.79 Å². The van der Waals surface area contributed by atoms with E-state index in [0.29, 0.717) is 11.3 Å². The van der Waals surface area contributed by atoms with Gasteiger partial charge in [0.25, 0.3) is 0 Å². The summed E-state index contributed by atoms with van der Waals surface area (Å²) in [5.41, 5.74) is 1.55. The average molecular weight is 208 g/mol. The quantitative estimate of drug-likeness (QED) is 0.562. The highest BCUT2D eigenvalue weighted by atomic mass is 32.2. The molecule has 0 heterocycles. The molecule has 0 aliphatic rings. The van der Waals surface area contributed by atoms with Crippen LogP contribution in [-0.4, -0.2) is 5.97 Å². The Morgan fingerprint density at radius 1 is 1.43 bits per heavy atom. The zero-order valence-electron chi connectivity index (χ0n) is 8.03. The molecule has 1 rings (SSSR count). The molecule has 0 radical (unpaired) electrons. The molecule has 0 aromatic heterocycles. The highest BCUT2D eigenvalue weighted by molar-refractivity contribution is 7.94. The van der Waals surface area contributed by atoms with E-state index in [-0.39, 0.29) is 5.97 Å². The van der Waals surface area contributed by atoms with Gasteiger partial charge in [0, 0.05) is 5.57 Å². The summed E-state index contributed by atoms with van der Waals surface area (Å²) in [5, 5.41) is 0. The Kier molecular flexibility index (Phi) is 4.26. The van der Waals surface area contributed by atoms with Crippen LogP contribution in [0.1, 0.15) is 12.5 Å². The topological polar surface area (TPSA) is 26.3 Å². The first-order valence-electron chi connectivity index (χ1n) is 4.23. The van der Waals surface area contributed by atoms with Crippen molar-refractivity contribution in [3.8, 4) is 0 Å². The molecule has 1 aromatic carbocycles. The van der Waals surface area contributed by atoms with Crippen LogP contribution < -0.4 is 0 Å². The van der Waals surface area contributed by atoms with Crippen LogP contribution in [0.2, 0.25) is 0 Å². The van der Waals surface area contributed by atoms with Crippen molar-refractivity contribution < 1.29 is 8.98 Å². The van der Waals surface area contributed by atoms with Gasteiger partial charge in [0.2, 0.25) is 0 Å². The smallest absolute Gasteiger partial charge is 0.345 e. The van der Waals surface area contributed by atoms with Crippen molar-refractivity contribution in [2.45, 2.75) is 12.7 Å². The zero-order chi connectivity index (χ0) is 10.4. The van der Waals surface area contributed by atoms with E-state index in [1.54, 1.807) is 6.92 Å². The van der Waals surface area contributed by atoms with E-state index in [4.69, 9.17) is 4.18 Å². The number of hydrogen-bond donors (Lipinski definition) is 0. The summed E-state index contributed by atoms with van der Waals surface area (Å²) in [6.45, 7) is 5.12. The van der Waals surface area contributed by atoms with Crippen LogP contribution in [0.4, 0.5) is 0 Å². The molecule has 0 saturated heterocycles. The van der Waals surface area contributed by atoms with Gasteiger partial charge in [-0.15, -0.1) is 0 Å². The summed E-state index contributed by atoms with van der Waals surface area (Å²) in [7, 11) is 0. The molecular formula is C11H12O2S. The zero-order valence-corrected chi connectivity index (χ0v) is 8.84. The second-order valence-corrected chi connectivity index (χ2v) is 3.59. The van der Waals surface area contributed by atoms with Gasteiger partial charge in [-0.05, 0) is 12.5 Å². The number of benzene rings is 1. The van der Waals surface area contributed by atoms with Crippen LogP contribution in [-0.2, 0) is 14.7 Å². The molecule has 0 aliphatic heterocycles. The predicted molar refractivity (Wildman–Crippen MR) is 58.6 cm³/mol. The largest absolute Gasteiger partial charge is 0.388 e. The van der Waals surface area contributed by atoms with E-state index < -0.39 is 0 Å². The van der Waals surface area contributed by atoms with Gasteiger partial charge in [-0.1, -0.05) is 36.9 Å². The number of hydrogen-bond acceptors (Lipinski definition) is 3. The maximum Gasteiger partial charge on any atom is 0.345 e. The Morgan fingerprint density at radius 3 is 2.64 bits per heavy atom. The minimum Gasteiger partial charge on any atom is -0.388 e. The summed E-state index contributed by atoms with van der Waals surface area (Å²) in [5.74, 6) is 0.311. The van der Waals surface area contributed by atoms with Crippen molar-refractivity contribution in [1.29, 1.82) is 0 Å². The van der Waals surface area contributed by atoms with Gasteiger partial charge in [0.05, 0.1) is 17.8 Å². The van der Waals surface area contributed by atoms with E-state index in [1.165, 1.54) is 0 Å². The molecule has 0 spiro atoms. The molecule has 1 aromatic rings. The number of rotatable bonds is 4. The number of carbonyl (C=O) groups is 1. The number of carbonyl (C=O) groups excluding carboxylic acids is 1. The van der Waals surface area contributed by atoms with Gasteiger partial charge in [0.1, 0.15) is 0 Å². The molecule has 14 heavy (non-hydrogen) atoms. The molecule has 3 heteroatoms.